The maximum atomic E-state index is 9.76. The molecule has 0 aliphatic rings. The molecule has 1 unspecified atom stereocenters. The van der Waals surface area contributed by atoms with Crippen LogP contribution < -0.4 is 0 Å². The SMILES string of the molecule is CCCC(O)c1ccc(C)cc1Br. The summed E-state index contributed by atoms with van der Waals surface area (Å²) < 4.78 is 1.01. The topological polar surface area (TPSA) is 20.2 Å². The zero-order chi connectivity index (χ0) is 9.84. The Hall–Kier alpha value is -0.340. The highest BCUT2D eigenvalue weighted by molar-refractivity contribution is 9.10. The first-order valence-electron chi connectivity index (χ1n) is 4.59. The van der Waals surface area contributed by atoms with Crippen molar-refractivity contribution in [2.24, 2.45) is 0 Å². The molecule has 0 saturated carbocycles. The van der Waals surface area contributed by atoms with Crippen LogP contribution in [0.5, 0.6) is 0 Å². The molecule has 0 heterocycles. The van der Waals surface area contributed by atoms with Crippen molar-refractivity contribution in [3.8, 4) is 0 Å². The summed E-state index contributed by atoms with van der Waals surface area (Å²) in [6.07, 6.45) is 1.49. The van der Waals surface area contributed by atoms with E-state index in [-0.39, 0.29) is 6.10 Å². The summed E-state index contributed by atoms with van der Waals surface area (Å²) in [6.45, 7) is 4.12. The van der Waals surface area contributed by atoms with Crippen molar-refractivity contribution >= 4 is 15.9 Å². The predicted molar refractivity (Wildman–Crippen MR) is 58.7 cm³/mol. The second-order valence-corrected chi connectivity index (χ2v) is 4.18. The van der Waals surface area contributed by atoms with E-state index in [1.807, 2.05) is 25.1 Å². The van der Waals surface area contributed by atoms with E-state index < -0.39 is 0 Å². The van der Waals surface area contributed by atoms with Crippen LogP contribution in [0.4, 0.5) is 0 Å². The molecule has 13 heavy (non-hydrogen) atoms. The lowest BCUT2D eigenvalue weighted by molar-refractivity contribution is 0.165. The molecule has 1 atom stereocenters. The Labute approximate surface area is 87.9 Å². The summed E-state index contributed by atoms with van der Waals surface area (Å²) in [5.41, 5.74) is 2.20. The number of hydrogen-bond donors (Lipinski definition) is 1. The van der Waals surface area contributed by atoms with Gasteiger partial charge in [0.25, 0.3) is 0 Å². The summed E-state index contributed by atoms with van der Waals surface area (Å²) >= 11 is 3.46. The van der Waals surface area contributed by atoms with Crippen LogP contribution in [0, 0.1) is 6.92 Å². The lowest BCUT2D eigenvalue weighted by Gasteiger charge is -2.11. The van der Waals surface area contributed by atoms with Gasteiger partial charge in [0, 0.05) is 4.47 Å². The van der Waals surface area contributed by atoms with Gasteiger partial charge in [-0.2, -0.15) is 0 Å². The lowest BCUT2D eigenvalue weighted by atomic mass is 10.0. The third kappa shape index (κ3) is 2.82. The highest BCUT2D eigenvalue weighted by Gasteiger charge is 2.09. The molecule has 1 N–H and O–H groups in total. The van der Waals surface area contributed by atoms with Crippen molar-refractivity contribution in [3.63, 3.8) is 0 Å². The van der Waals surface area contributed by atoms with E-state index in [9.17, 15) is 5.11 Å². The smallest absolute Gasteiger partial charge is 0.0800 e. The van der Waals surface area contributed by atoms with Gasteiger partial charge in [-0.15, -0.1) is 0 Å². The van der Waals surface area contributed by atoms with Crippen molar-refractivity contribution < 1.29 is 5.11 Å². The molecule has 0 bridgehead atoms. The van der Waals surface area contributed by atoms with Gasteiger partial charge >= 0.3 is 0 Å². The lowest BCUT2D eigenvalue weighted by Crippen LogP contribution is -1.97. The van der Waals surface area contributed by atoms with E-state index in [4.69, 9.17) is 0 Å². The first-order chi connectivity index (χ1) is 6.15. The molecule has 1 aromatic rings. The van der Waals surface area contributed by atoms with Crippen molar-refractivity contribution in [2.75, 3.05) is 0 Å². The number of rotatable bonds is 3. The molecule has 2 heteroatoms. The second-order valence-electron chi connectivity index (χ2n) is 3.33. The Morgan fingerprint density at radius 3 is 2.69 bits per heavy atom. The molecule has 0 amide bonds. The molecule has 0 aliphatic heterocycles. The van der Waals surface area contributed by atoms with E-state index in [1.54, 1.807) is 0 Å². The van der Waals surface area contributed by atoms with Gasteiger partial charge in [0.05, 0.1) is 6.10 Å². The van der Waals surface area contributed by atoms with E-state index in [1.165, 1.54) is 5.56 Å². The highest BCUT2D eigenvalue weighted by atomic mass is 79.9. The van der Waals surface area contributed by atoms with Crippen LogP contribution in [0.15, 0.2) is 22.7 Å². The predicted octanol–water partition coefficient (Wildman–Crippen LogP) is 3.59. The molecular weight excluding hydrogens is 228 g/mol. The number of hydrogen-bond acceptors (Lipinski definition) is 1. The van der Waals surface area contributed by atoms with Crippen LogP contribution in [-0.4, -0.2) is 5.11 Å². The molecule has 1 rings (SSSR count). The summed E-state index contributed by atoms with van der Waals surface area (Å²) in [4.78, 5) is 0. The normalized spacial score (nSPS) is 12.9. The van der Waals surface area contributed by atoms with Crippen LogP contribution in [0.2, 0.25) is 0 Å². The summed E-state index contributed by atoms with van der Waals surface area (Å²) in [5.74, 6) is 0. The van der Waals surface area contributed by atoms with Crippen LogP contribution in [-0.2, 0) is 0 Å². The quantitative estimate of drug-likeness (QED) is 0.860. The Morgan fingerprint density at radius 2 is 2.15 bits per heavy atom. The molecule has 72 valence electrons. The molecule has 0 aliphatic carbocycles. The number of halogens is 1. The molecule has 1 nitrogen and oxygen atoms in total. The van der Waals surface area contributed by atoms with Crippen LogP contribution in [0.3, 0.4) is 0 Å². The average molecular weight is 243 g/mol. The second kappa shape index (κ2) is 4.77. The van der Waals surface area contributed by atoms with Gasteiger partial charge in [-0.25, -0.2) is 0 Å². The fraction of sp³-hybridized carbons (Fsp3) is 0.455. The third-order valence-electron chi connectivity index (χ3n) is 2.08. The summed E-state index contributed by atoms with van der Waals surface area (Å²) in [5, 5.41) is 9.76. The van der Waals surface area contributed by atoms with Crippen LogP contribution in [0.25, 0.3) is 0 Å². The van der Waals surface area contributed by atoms with Gasteiger partial charge in [0.15, 0.2) is 0 Å². The Bertz CT molecular complexity index is 283. The minimum absolute atomic E-state index is 0.333. The largest absolute Gasteiger partial charge is 0.388 e. The van der Waals surface area contributed by atoms with E-state index in [2.05, 4.69) is 22.9 Å². The van der Waals surface area contributed by atoms with Gasteiger partial charge in [0.2, 0.25) is 0 Å². The molecule has 0 saturated heterocycles. The standard InChI is InChI=1S/C11H15BrO/c1-3-4-11(13)9-6-5-8(2)7-10(9)12/h5-7,11,13H,3-4H2,1-2H3. The fourth-order valence-corrected chi connectivity index (χ4v) is 2.09. The fourth-order valence-electron chi connectivity index (χ4n) is 1.33. The average Bonchev–Trinajstić information content (AvgIpc) is 2.04. The van der Waals surface area contributed by atoms with Gasteiger partial charge in [0.1, 0.15) is 0 Å². The highest BCUT2D eigenvalue weighted by Crippen LogP contribution is 2.27. The van der Waals surface area contributed by atoms with Gasteiger partial charge in [-0.05, 0) is 30.5 Å². The third-order valence-corrected chi connectivity index (χ3v) is 2.76. The monoisotopic (exact) mass is 242 g/mol. The van der Waals surface area contributed by atoms with Crippen molar-refractivity contribution in [1.29, 1.82) is 0 Å². The van der Waals surface area contributed by atoms with Crippen molar-refractivity contribution in [3.05, 3.63) is 33.8 Å². The van der Waals surface area contributed by atoms with Crippen molar-refractivity contribution in [2.45, 2.75) is 32.8 Å². The maximum absolute atomic E-state index is 9.76. The Morgan fingerprint density at radius 1 is 1.46 bits per heavy atom. The zero-order valence-corrected chi connectivity index (χ0v) is 9.63. The van der Waals surface area contributed by atoms with Crippen LogP contribution in [0.1, 0.15) is 37.0 Å². The molecule has 0 fully saturated rings. The minimum atomic E-state index is -0.333. The Kier molecular flexibility index (Phi) is 3.94. The van der Waals surface area contributed by atoms with E-state index >= 15 is 0 Å². The number of aryl methyl sites for hydroxylation is 1. The van der Waals surface area contributed by atoms with Gasteiger partial charge in [-0.1, -0.05) is 41.4 Å². The number of aliphatic hydroxyl groups is 1. The number of benzene rings is 1. The summed E-state index contributed by atoms with van der Waals surface area (Å²) in [7, 11) is 0. The molecule has 0 aromatic heterocycles. The van der Waals surface area contributed by atoms with E-state index in [0.717, 1.165) is 22.9 Å². The van der Waals surface area contributed by atoms with Crippen molar-refractivity contribution in [1.82, 2.24) is 0 Å². The van der Waals surface area contributed by atoms with Gasteiger partial charge < -0.3 is 5.11 Å². The molecule has 0 radical (unpaired) electrons. The summed E-state index contributed by atoms with van der Waals surface area (Å²) in [6, 6.07) is 6.05. The Balaban J connectivity index is 2.88. The minimum Gasteiger partial charge on any atom is -0.388 e. The molecule has 0 spiro atoms. The maximum Gasteiger partial charge on any atom is 0.0800 e. The zero-order valence-electron chi connectivity index (χ0n) is 8.05. The number of aliphatic hydroxyl groups excluding tert-OH is 1. The van der Waals surface area contributed by atoms with Gasteiger partial charge in [-0.3, -0.25) is 0 Å². The molecule has 1 aromatic carbocycles. The van der Waals surface area contributed by atoms with Crippen LogP contribution >= 0.6 is 15.9 Å². The van der Waals surface area contributed by atoms with E-state index in [0.29, 0.717) is 0 Å². The first-order valence-corrected chi connectivity index (χ1v) is 5.38. The molecular formula is C11H15BrO. The first kappa shape index (κ1) is 10.7.